The molecule has 0 bridgehead atoms. The quantitative estimate of drug-likeness (QED) is 0.879. The average molecular weight is 283 g/mol. The molecule has 2 heterocycles. The number of hydrogen-bond donors (Lipinski definition) is 2. The van der Waals surface area contributed by atoms with Gasteiger partial charge in [0.25, 0.3) is 0 Å². The summed E-state index contributed by atoms with van der Waals surface area (Å²) >= 11 is 1.52. The summed E-state index contributed by atoms with van der Waals surface area (Å²) < 4.78 is 0. The van der Waals surface area contributed by atoms with Crippen LogP contribution in [-0.4, -0.2) is 39.6 Å². The monoisotopic (exact) mass is 283 g/mol. The minimum absolute atomic E-state index is 0.00565. The van der Waals surface area contributed by atoms with Crippen LogP contribution in [0, 0.1) is 12.8 Å². The van der Waals surface area contributed by atoms with Crippen LogP contribution in [0.4, 0.5) is 4.79 Å². The summed E-state index contributed by atoms with van der Waals surface area (Å²) in [6.45, 7) is 4.64. The Morgan fingerprint density at radius 1 is 1.63 bits per heavy atom. The van der Waals surface area contributed by atoms with Gasteiger partial charge in [-0.2, -0.15) is 0 Å². The molecule has 1 aliphatic heterocycles. The molecule has 2 amide bonds. The molecule has 2 N–H and O–H groups in total. The topological polar surface area (TPSA) is 82.5 Å². The van der Waals surface area contributed by atoms with Gasteiger partial charge in [0.15, 0.2) is 0 Å². The number of aryl methyl sites for hydroxylation is 1. The van der Waals surface area contributed by atoms with Crippen LogP contribution < -0.4 is 5.32 Å². The second-order valence-electron chi connectivity index (χ2n) is 4.75. The summed E-state index contributed by atoms with van der Waals surface area (Å²) in [6, 6.07) is -1.04. The number of thiazole rings is 1. The Kier molecular flexibility index (Phi) is 4.04. The maximum Gasteiger partial charge on any atom is 0.326 e. The number of nitrogens with one attached hydrogen (secondary N) is 1. The third-order valence-electron chi connectivity index (χ3n) is 3.30. The number of aromatic nitrogens is 1. The maximum absolute atomic E-state index is 12.0. The second-order valence-corrected chi connectivity index (χ2v) is 6.07. The first-order valence-corrected chi connectivity index (χ1v) is 6.99. The number of carboxylic acid groups (broad SMARTS) is 1. The third-order valence-corrected chi connectivity index (χ3v) is 4.21. The molecule has 0 radical (unpaired) electrons. The van der Waals surface area contributed by atoms with E-state index in [1.165, 1.54) is 16.2 Å². The molecular formula is C12H17N3O3S. The van der Waals surface area contributed by atoms with E-state index in [4.69, 9.17) is 5.11 Å². The highest BCUT2D eigenvalue weighted by molar-refractivity contribution is 7.11. The number of aliphatic carboxylic acids is 1. The van der Waals surface area contributed by atoms with E-state index in [2.05, 4.69) is 10.3 Å². The largest absolute Gasteiger partial charge is 0.480 e. The Hall–Kier alpha value is -1.63. The average Bonchev–Trinajstić information content (AvgIpc) is 2.92. The van der Waals surface area contributed by atoms with Crippen LogP contribution >= 0.6 is 11.3 Å². The van der Waals surface area contributed by atoms with Gasteiger partial charge in [0, 0.05) is 17.6 Å². The number of hydrogen-bond acceptors (Lipinski definition) is 4. The SMILES string of the molecule is Cc1ncc(CNC(=O)N2CCC(C)C2C(=O)O)s1. The first kappa shape index (κ1) is 13.8. The molecule has 6 nitrogen and oxygen atoms in total. The molecule has 1 saturated heterocycles. The molecule has 1 aromatic heterocycles. The lowest BCUT2D eigenvalue weighted by molar-refractivity contribution is -0.142. The van der Waals surface area contributed by atoms with Gasteiger partial charge >= 0.3 is 12.0 Å². The van der Waals surface area contributed by atoms with Crippen LogP contribution in [0.2, 0.25) is 0 Å². The van der Waals surface area contributed by atoms with Crippen LogP contribution in [0.3, 0.4) is 0 Å². The maximum atomic E-state index is 12.0. The Morgan fingerprint density at radius 3 is 2.95 bits per heavy atom. The fourth-order valence-corrected chi connectivity index (χ4v) is 3.04. The molecule has 2 unspecified atom stereocenters. The van der Waals surface area contributed by atoms with Gasteiger partial charge in [-0.1, -0.05) is 6.92 Å². The van der Waals surface area contributed by atoms with Crippen molar-refractivity contribution in [2.45, 2.75) is 32.9 Å². The minimum Gasteiger partial charge on any atom is -0.480 e. The number of rotatable bonds is 3. The molecule has 1 aromatic rings. The van der Waals surface area contributed by atoms with Crippen LogP contribution in [0.15, 0.2) is 6.20 Å². The zero-order valence-electron chi connectivity index (χ0n) is 10.9. The number of likely N-dealkylation sites (tertiary alicyclic amines) is 1. The normalized spacial score (nSPS) is 22.5. The summed E-state index contributed by atoms with van der Waals surface area (Å²) in [4.78, 5) is 29.7. The molecule has 0 aliphatic carbocycles. The van der Waals surface area contributed by atoms with Crippen molar-refractivity contribution in [1.82, 2.24) is 15.2 Å². The van der Waals surface area contributed by atoms with Crippen LogP contribution in [0.1, 0.15) is 23.2 Å². The van der Waals surface area contributed by atoms with E-state index in [1.807, 2.05) is 13.8 Å². The molecule has 1 fully saturated rings. The molecule has 19 heavy (non-hydrogen) atoms. The molecular weight excluding hydrogens is 266 g/mol. The van der Waals surface area contributed by atoms with E-state index < -0.39 is 12.0 Å². The van der Waals surface area contributed by atoms with Gasteiger partial charge in [-0.25, -0.2) is 14.6 Å². The van der Waals surface area contributed by atoms with Gasteiger partial charge in [0.1, 0.15) is 6.04 Å². The Bertz CT molecular complexity index is 488. The van der Waals surface area contributed by atoms with Gasteiger partial charge < -0.3 is 15.3 Å². The van der Waals surface area contributed by atoms with Crippen molar-refractivity contribution in [2.24, 2.45) is 5.92 Å². The number of carbonyl (C=O) groups excluding carboxylic acids is 1. The van der Waals surface area contributed by atoms with Gasteiger partial charge in [-0.15, -0.1) is 11.3 Å². The van der Waals surface area contributed by atoms with Gasteiger partial charge in [0.05, 0.1) is 11.6 Å². The Balaban J connectivity index is 1.94. The number of urea groups is 1. The first-order valence-electron chi connectivity index (χ1n) is 6.17. The number of amides is 2. The molecule has 104 valence electrons. The smallest absolute Gasteiger partial charge is 0.326 e. The van der Waals surface area contributed by atoms with E-state index in [-0.39, 0.29) is 11.9 Å². The van der Waals surface area contributed by atoms with Crippen molar-refractivity contribution >= 4 is 23.3 Å². The molecule has 1 aliphatic rings. The van der Waals surface area contributed by atoms with Gasteiger partial charge in [0.2, 0.25) is 0 Å². The number of carbonyl (C=O) groups is 2. The van der Waals surface area contributed by atoms with Crippen molar-refractivity contribution in [1.29, 1.82) is 0 Å². The minimum atomic E-state index is -0.936. The number of carboxylic acids is 1. The molecule has 0 saturated carbocycles. The summed E-state index contributed by atoms with van der Waals surface area (Å²) in [5.74, 6) is -0.942. The highest BCUT2D eigenvalue weighted by Gasteiger charge is 2.39. The fourth-order valence-electron chi connectivity index (χ4n) is 2.30. The Labute approximate surface area is 115 Å². The second kappa shape index (κ2) is 5.56. The highest BCUT2D eigenvalue weighted by atomic mass is 32.1. The van der Waals surface area contributed by atoms with Crippen molar-refractivity contribution in [3.63, 3.8) is 0 Å². The van der Waals surface area contributed by atoms with E-state index in [0.717, 1.165) is 16.3 Å². The lowest BCUT2D eigenvalue weighted by Crippen LogP contribution is -2.47. The van der Waals surface area contributed by atoms with Crippen molar-refractivity contribution in [3.8, 4) is 0 Å². The van der Waals surface area contributed by atoms with Gasteiger partial charge in [-0.05, 0) is 19.3 Å². The molecule has 2 rings (SSSR count). The van der Waals surface area contributed by atoms with E-state index in [0.29, 0.717) is 13.1 Å². The van der Waals surface area contributed by atoms with Gasteiger partial charge in [-0.3, -0.25) is 0 Å². The summed E-state index contributed by atoms with van der Waals surface area (Å²) in [5.41, 5.74) is 0. The zero-order valence-corrected chi connectivity index (χ0v) is 11.7. The van der Waals surface area contributed by atoms with Crippen molar-refractivity contribution in [2.75, 3.05) is 6.54 Å². The summed E-state index contributed by atoms with van der Waals surface area (Å²) in [5, 5.41) is 12.9. The fraction of sp³-hybridized carbons (Fsp3) is 0.583. The van der Waals surface area contributed by atoms with E-state index in [1.54, 1.807) is 6.20 Å². The van der Waals surface area contributed by atoms with E-state index >= 15 is 0 Å². The zero-order chi connectivity index (χ0) is 14.0. The standard InChI is InChI=1S/C12H17N3O3S/c1-7-3-4-15(10(7)11(16)17)12(18)14-6-9-5-13-8(2)19-9/h5,7,10H,3-4,6H2,1-2H3,(H,14,18)(H,16,17). The molecule has 7 heteroatoms. The third kappa shape index (κ3) is 3.04. The molecule has 2 atom stereocenters. The summed E-state index contributed by atoms with van der Waals surface area (Å²) in [7, 11) is 0. The number of nitrogens with zero attached hydrogens (tertiary/aromatic N) is 2. The molecule has 0 aromatic carbocycles. The molecule has 0 spiro atoms. The van der Waals surface area contributed by atoms with Crippen molar-refractivity contribution in [3.05, 3.63) is 16.1 Å². The van der Waals surface area contributed by atoms with Crippen LogP contribution in [0.25, 0.3) is 0 Å². The van der Waals surface area contributed by atoms with E-state index in [9.17, 15) is 9.59 Å². The van der Waals surface area contributed by atoms with Crippen LogP contribution in [0.5, 0.6) is 0 Å². The lowest BCUT2D eigenvalue weighted by atomic mass is 10.0. The van der Waals surface area contributed by atoms with Crippen molar-refractivity contribution < 1.29 is 14.7 Å². The predicted octanol–water partition coefficient (Wildman–Crippen LogP) is 1.46. The predicted molar refractivity (Wildman–Crippen MR) is 71.0 cm³/mol. The first-order chi connectivity index (χ1) is 8.99. The lowest BCUT2D eigenvalue weighted by Gasteiger charge is -2.23. The summed E-state index contributed by atoms with van der Waals surface area (Å²) in [6.07, 6.45) is 2.45. The Morgan fingerprint density at radius 2 is 2.37 bits per heavy atom. The highest BCUT2D eigenvalue weighted by Crippen LogP contribution is 2.24. The van der Waals surface area contributed by atoms with Crippen LogP contribution in [-0.2, 0) is 11.3 Å².